The summed E-state index contributed by atoms with van der Waals surface area (Å²) in [6.07, 6.45) is 3.38. The van der Waals surface area contributed by atoms with E-state index in [4.69, 9.17) is 0 Å². The number of rotatable bonds is 5. The van der Waals surface area contributed by atoms with Crippen molar-refractivity contribution >= 4 is 33.0 Å². The van der Waals surface area contributed by atoms with Crippen LogP contribution in [0.1, 0.15) is 41.3 Å². The van der Waals surface area contributed by atoms with Crippen LogP contribution in [0.25, 0.3) is 0 Å². The maximum Gasteiger partial charge on any atom is 0.181 e. The molecule has 1 nitrogen and oxygen atoms in total. The van der Waals surface area contributed by atoms with Crippen molar-refractivity contribution in [3.63, 3.8) is 0 Å². The first-order valence-corrected chi connectivity index (χ1v) is 6.72. The van der Waals surface area contributed by atoms with Crippen LogP contribution in [-0.2, 0) is 0 Å². The summed E-state index contributed by atoms with van der Waals surface area (Å²) in [4.78, 5) is 12.0. The van der Waals surface area contributed by atoms with Crippen molar-refractivity contribution in [2.45, 2.75) is 33.6 Å². The summed E-state index contributed by atoms with van der Waals surface area (Å²) in [6.45, 7) is 6.20. The minimum absolute atomic E-state index is 0. The normalized spacial score (nSPS) is 10.4. The van der Waals surface area contributed by atoms with Gasteiger partial charge < -0.3 is 0 Å². The van der Waals surface area contributed by atoms with Crippen LogP contribution in [0.2, 0.25) is 0 Å². The Morgan fingerprint density at radius 3 is 2.31 bits per heavy atom. The minimum Gasteiger partial charge on any atom is -0.289 e. The first-order chi connectivity index (χ1) is 7.16. The van der Waals surface area contributed by atoms with Crippen LogP contribution in [0, 0.1) is 13.8 Å². The van der Waals surface area contributed by atoms with Gasteiger partial charge in [0.15, 0.2) is 5.52 Å². The third-order valence-corrected chi connectivity index (χ3v) is 3.70. The van der Waals surface area contributed by atoms with Gasteiger partial charge in [0.2, 0.25) is 0 Å². The summed E-state index contributed by atoms with van der Waals surface area (Å²) in [6, 6.07) is 6.05. The van der Waals surface area contributed by atoms with Gasteiger partial charge in [0.05, 0.1) is 0 Å². The molecule has 1 atom stereocenters. The molecule has 0 aliphatic heterocycles. The van der Waals surface area contributed by atoms with Crippen molar-refractivity contribution in [2.24, 2.45) is 0 Å². The molecule has 1 radical (unpaired) electrons. The third-order valence-electron chi connectivity index (χ3n) is 2.52. The molecule has 0 amide bonds. The van der Waals surface area contributed by atoms with E-state index < -0.39 is 0 Å². The zero-order valence-electron chi connectivity index (χ0n) is 10.8. The Balaban J connectivity index is 0.00000225. The molecular formula is C13H19LiOP. The second kappa shape index (κ2) is 8.07. The summed E-state index contributed by atoms with van der Waals surface area (Å²) in [5.74, 6) is 0. The molecule has 0 saturated heterocycles. The van der Waals surface area contributed by atoms with Gasteiger partial charge >= 0.3 is 0 Å². The monoisotopic (exact) mass is 229 g/mol. The van der Waals surface area contributed by atoms with Crippen LogP contribution < -0.4 is 0 Å². The van der Waals surface area contributed by atoms with Crippen LogP contribution in [-0.4, -0.2) is 30.5 Å². The van der Waals surface area contributed by atoms with E-state index >= 15 is 0 Å². The number of unbranched alkanes of at least 4 members (excludes halogenated alkanes) is 1. The molecule has 0 aliphatic carbocycles. The predicted octanol–water partition coefficient (Wildman–Crippen LogP) is 3.54. The van der Waals surface area contributed by atoms with E-state index in [1.54, 1.807) is 0 Å². The van der Waals surface area contributed by atoms with Gasteiger partial charge in [-0.2, -0.15) is 0 Å². The zero-order valence-corrected chi connectivity index (χ0v) is 11.8. The van der Waals surface area contributed by atoms with Gasteiger partial charge in [0.25, 0.3) is 0 Å². The van der Waals surface area contributed by atoms with Crippen LogP contribution in [0.4, 0.5) is 0 Å². The molecule has 0 saturated carbocycles. The molecule has 1 aromatic carbocycles. The van der Waals surface area contributed by atoms with E-state index in [1.807, 2.05) is 32.0 Å². The van der Waals surface area contributed by atoms with Crippen molar-refractivity contribution in [3.8, 4) is 0 Å². The molecule has 1 aromatic rings. The van der Waals surface area contributed by atoms with E-state index in [9.17, 15) is 4.79 Å². The third kappa shape index (κ3) is 4.42. The Morgan fingerprint density at radius 2 is 1.81 bits per heavy atom. The second-order valence-corrected chi connectivity index (χ2v) is 5.18. The number of carbonyl (C=O) groups excluding carboxylic acids is 1. The number of aryl methyl sites for hydroxylation is 2. The van der Waals surface area contributed by atoms with Crippen LogP contribution in [0.5, 0.6) is 0 Å². The molecule has 0 N–H and O–H groups in total. The molecule has 1 rings (SSSR count). The first kappa shape index (κ1) is 15.9. The molecule has 83 valence electrons. The predicted molar refractivity (Wildman–Crippen MR) is 74.1 cm³/mol. The van der Waals surface area contributed by atoms with Gasteiger partial charge in [-0.1, -0.05) is 31.5 Å². The van der Waals surface area contributed by atoms with Crippen molar-refractivity contribution in [1.82, 2.24) is 0 Å². The summed E-state index contributed by atoms with van der Waals surface area (Å²) in [7, 11) is 0.444. The minimum atomic E-state index is 0. The van der Waals surface area contributed by atoms with Crippen molar-refractivity contribution < 1.29 is 4.79 Å². The van der Waals surface area contributed by atoms with Gasteiger partial charge in [-0.15, -0.1) is 0 Å². The fourth-order valence-electron chi connectivity index (χ4n) is 1.64. The van der Waals surface area contributed by atoms with E-state index in [-0.39, 0.29) is 18.9 Å². The molecule has 0 bridgehead atoms. The molecule has 0 aliphatic rings. The van der Waals surface area contributed by atoms with Crippen LogP contribution in [0.3, 0.4) is 0 Å². The summed E-state index contributed by atoms with van der Waals surface area (Å²) in [5.41, 5.74) is 3.51. The first-order valence-electron chi connectivity index (χ1n) is 5.51. The molecule has 16 heavy (non-hydrogen) atoms. The summed E-state index contributed by atoms with van der Waals surface area (Å²) < 4.78 is 0. The zero-order chi connectivity index (χ0) is 11.3. The van der Waals surface area contributed by atoms with Crippen molar-refractivity contribution in [3.05, 3.63) is 34.9 Å². The van der Waals surface area contributed by atoms with Gasteiger partial charge in [0, 0.05) is 24.4 Å². The molecule has 0 heterocycles. The smallest absolute Gasteiger partial charge is 0.181 e. The Bertz CT molecular complexity index is 330. The SMILES string of the molecule is CCCCPC(=O)c1c(C)cccc1C.[Li]. The van der Waals surface area contributed by atoms with Gasteiger partial charge in [-0.25, -0.2) is 0 Å². The average molecular weight is 229 g/mol. The number of hydrogen-bond acceptors (Lipinski definition) is 1. The number of carbonyl (C=O) groups is 1. The van der Waals surface area contributed by atoms with E-state index in [2.05, 4.69) is 6.92 Å². The van der Waals surface area contributed by atoms with E-state index in [0.717, 1.165) is 29.3 Å². The Hall–Kier alpha value is -0.0826. The fourth-order valence-corrected chi connectivity index (χ4v) is 2.97. The largest absolute Gasteiger partial charge is 0.289 e. The molecular weight excluding hydrogens is 210 g/mol. The maximum atomic E-state index is 12.0. The summed E-state index contributed by atoms with van der Waals surface area (Å²) in [5, 5.41) is 0. The van der Waals surface area contributed by atoms with Crippen molar-refractivity contribution in [2.75, 3.05) is 6.16 Å². The molecule has 0 spiro atoms. The molecule has 3 heteroatoms. The van der Waals surface area contributed by atoms with Crippen LogP contribution >= 0.6 is 8.58 Å². The standard InChI is InChI=1S/C13H19OP.Li/c1-4-5-9-15-13(14)12-10(2)7-6-8-11(12)3;/h6-8,15H,4-5,9H2,1-3H3;. The van der Waals surface area contributed by atoms with Gasteiger partial charge in [0.1, 0.15) is 0 Å². The van der Waals surface area contributed by atoms with E-state index in [0.29, 0.717) is 14.1 Å². The maximum absolute atomic E-state index is 12.0. The number of hydrogen-bond donors (Lipinski definition) is 0. The molecule has 0 aromatic heterocycles. The average Bonchev–Trinajstić information content (AvgIpc) is 2.18. The molecule has 0 fully saturated rings. The van der Waals surface area contributed by atoms with Gasteiger partial charge in [-0.3, -0.25) is 4.79 Å². The Morgan fingerprint density at radius 1 is 1.25 bits per heavy atom. The van der Waals surface area contributed by atoms with Crippen LogP contribution in [0.15, 0.2) is 18.2 Å². The van der Waals surface area contributed by atoms with Crippen molar-refractivity contribution in [1.29, 1.82) is 0 Å². The quantitative estimate of drug-likeness (QED) is 0.428. The number of benzene rings is 1. The van der Waals surface area contributed by atoms with E-state index in [1.165, 1.54) is 6.42 Å². The topological polar surface area (TPSA) is 17.1 Å². The summed E-state index contributed by atoms with van der Waals surface area (Å²) >= 11 is 0. The Labute approximate surface area is 112 Å². The Kier molecular flexibility index (Phi) is 8.03. The molecule has 1 unspecified atom stereocenters. The fraction of sp³-hybridized carbons (Fsp3) is 0.462. The second-order valence-electron chi connectivity index (χ2n) is 3.88. The van der Waals surface area contributed by atoms with Gasteiger partial charge in [-0.05, 0) is 46.1 Å².